The molecule has 0 aliphatic carbocycles. The first-order valence-electron chi connectivity index (χ1n) is 9.56. The number of para-hydroxylation sites is 1. The maximum Gasteiger partial charge on any atom is 0.451 e. The van der Waals surface area contributed by atoms with Gasteiger partial charge in [-0.25, -0.2) is 18.4 Å². The molecule has 0 atom stereocenters. The van der Waals surface area contributed by atoms with E-state index in [2.05, 4.69) is 9.97 Å². The van der Waals surface area contributed by atoms with Gasteiger partial charge in [-0.3, -0.25) is 0 Å². The summed E-state index contributed by atoms with van der Waals surface area (Å²) in [6.07, 6.45) is -3.15. The van der Waals surface area contributed by atoms with E-state index in [0.29, 0.717) is 5.39 Å². The number of piperazine rings is 1. The molecule has 162 valence electrons. The molecule has 1 saturated heterocycles. The average molecular weight is 448 g/mol. The number of halogens is 3. The molecular weight excluding hydrogens is 429 g/mol. The number of aromatic nitrogens is 2. The molecule has 1 aliphatic rings. The van der Waals surface area contributed by atoms with Crippen LogP contribution in [0.5, 0.6) is 0 Å². The molecule has 31 heavy (non-hydrogen) atoms. The van der Waals surface area contributed by atoms with Gasteiger partial charge in [-0.15, -0.1) is 0 Å². The lowest BCUT2D eigenvalue weighted by atomic mass is 10.2. The summed E-state index contributed by atoms with van der Waals surface area (Å²) in [6, 6.07) is 15.5. The maximum absolute atomic E-state index is 13.3. The van der Waals surface area contributed by atoms with Gasteiger partial charge >= 0.3 is 6.18 Å². The van der Waals surface area contributed by atoms with Crippen molar-refractivity contribution in [2.75, 3.05) is 31.1 Å². The number of nitrogens with zero attached hydrogens (tertiary/aromatic N) is 4. The van der Waals surface area contributed by atoms with Crippen molar-refractivity contribution in [3.05, 3.63) is 71.4 Å². The van der Waals surface area contributed by atoms with Gasteiger partial charge < -0.3 is 4.90 Å². The van der Waals surface area contributed by atoms with Crippen molar-refractivity contribution >= 4 is 32.8 Å². The Morgan fingerprint density at radius 3 is 2.19 bits per heavy atom. The van der Waals surface area contributed by atoms with Gasteiger partial charge in [0.2, 0.25) is 15.8 Å². The summed E-state index contributed by atoms with van der Waals surface area (Å²) in [5, 5.41) is 1.65. The predicted molar refractivity (Wildman–Crippen MR) is 113 cm³/mol. The third kappa shape index (κ3) is 4.70. The van der Waals surface area contributed by atoms with Gasteiger partial charge in [0.25, 0.3) is 0 Å². The minimum atomic E-state index is -4.67. The molecule has 10 heteroatoms. The largest absolute Gasteiger partial charge is 0.451 e. The van der Waals surface area contributed by atoms with E-state index in [4.69, 9.17) is 0 Å². The highest BCUT2D eigenvalue weighted by molar-refractivity contribution is 7.92. The van der Waals surface area contributed by atoms with E-state index in [1.807, 2.05) is 18.2 Å². The summed E-state index contributed by atoms with van der Waals surface area (Å²) in [4.78, 5) is 9.07. The predicted octanol–water partition coefficient (Wildman–Crippen LogP) is 3.77. The summed E-state index contributed by atoms with van der Waals surface area (Å²) in [5.74, 6) is -1.04. The number of anilines is 1. The molecule has 0 unspecified atom stereocenters. The zero-order valence-electron chi connectivity index (χ0n) is 16.3. The third-order valence-corrected chi connectivity index (χ3v) is 6.53. The summed E-state index contributed by atoms with van der Waals surface area (Å²) >= 11 is 0. The Morgan fingerprint density at radius 2 is 1.52 bits per heavy atom. The molecule has 0 N–H and O–H groups in total. The van der Waals surface area contributed by atoms with Gasteiger partial charge in [-0.05, 0) is 23.8 Å². The number of hydrogen-bond acceptors (Lipinski definition) is 5. The molecular formula is C21H19F3N4O2S. The summed E-state index contributed by atoms with van der Waals surface area (Å²) < 4.78 is 66.4. The van der Waals surface area contributed by atoms with Gasteiger partial charge in [-0.1, -0.05) is 42.5 Å². The van der Waals surface area contributed by atoms with Gasteiger partial charge in [0, 0.05) is 37.0 Å². The number of fused-ring (bicyclic) bond motifs is 1. The molecule has 0 amide bonds. The van der Waals surface area contributed by atoms with Crippen LogP contribution in [0, 0.1) is 0 Å². The standard InChI is InChI=1S/C21H19F3N4O2S/c22-21(23,24)20-25-18-9-5-4-8-17(18)19(26-20)27-11-13-28(14-12-27)31(29,30)15-10-16-6-2-1-3-7-16/h1-10,15H,11-14H2. The zero-order chi connectivity index (χ0) is 22.1. The van der Waals surface area contributed by atoms with E-state index >= 15 is 0 Å². The van der Waals surface area contributed by atoms with Crippen LogP contribution in [0.15, 0.2) is 60.0 Å². The van der Waals surface area contributed by atoms with Gasteiger partial charge in [-0.2, -0.15) is 17.5 Å². The summed E-state index contributed by atoms with van der Waals surface area (Å²) in [6.45, 7) is 0.718. The van der Waals surface area contributed by atoms with Crippen LogP contribution in [0.1, 0.15) is 11.4 Å². The number of benzene rings is 2. The summed E-state index contributed by atoms with van der Waals surface area (Å²) in [5.41, 5.74) is 0.956. The molecule has 1 aromatic heterocycles. The Hall–Kier alpha value is -2.98. The molecule has 3 aromatic rings. The first-order chi connectivity index (χ1) is 14.7. The van der Waals surface area contributed by atoms with Crippen LogP contribution in [-0.2, 0) is 16.2 Å². The normalized spacial score (nSPS) is 16.3. The molecule has 6 nitrogen and oxygen atoms in total. The van der Waals surface area contributed by atoms with E-state index in [0.717, 1.165) is 11.0 Å². The van der Waals surface area contributed by atoms with Crippen LogP contribution in [0.2, 0.25) is 0 Å². The highest BCUT2D eigenvalue weighted by Crippen LogP contribution is 2.32. The molecule has 2 aromatic carbocycles. The second-order valence-electron chi connectivity index (χ2n) is 7.03. The fourth-order valence-corrected chi connectivity index (χ4v) is 4.57. The van der Waals surface area contributed by atoms with Crippen molar-refractivity contribution in [2.45, 2.75) is 6.18 Å². The SMILES string of the molecule is O=S(=O)(C=Cc1ccccc1)N1CCN(c2nc(C(F)(F)F)nc3ccccc23)CC1. The average Bonchev–Trinajstić information content (AvgIpc) is 2.77. The van der Waals surface area contributed by atoms with E-state index in [9.17, 15) is 21.6 Å². The van der Waals surface area contributed by atoms with Crippen LogP contribution >= 0.6 is 0 Å². The summed E-state index contributed by atoms with van der Waals surface area (Å²) in [7, 11) is -3.65. The lowest BCUT2D eigenvalue weighted by molar-refractivity contribution is -0.144. The zero-order valence-corrected chi connectivity index (χ0v) is 17.1. The highest BCUT2D eigenvalue weighted by Gasteiger charge is 2.36. The lowest BCUT2D eigenvalue weighted by Gasteiger charge is -2.34. The van der Waals surface area contributed by atoms with Gasteiger partial charge in [0.15, 0.2) is 0 Å². The Morgan fingerprint density at radius 1 is 0.871 bits per heavy atom. The molecule has 0 bridgehead atoms. The quantitative estimate of drug-likeness (QED) is 0.608. The number of hydrogen-bond donors (Lipinski definition) is 0. The topological polar surface area (TPSA) is 66.4 Å². The molecule has 1 aliphatic heterocycles. The Labute approximate surface area is 177 Å². The van der Waals surface area contributed by atoms with Crippen LogP contribution in [-0.4, -0.2) is 48.9 Å². The third-order valence-electron chi connectivity index (χ3n) is 4.97. The monoisotopic (exact) mass is 448 g/mol. The van der Waals surface area contributed by atoms with E-state index in [-0.39, 0.29) is 37.5 Å². The Kier molecular flexibility index (Phi) is 5.67. The number of rotatable bonds is 4. The van der Waals surface area contributed by atoms with Crippen molar-refractivity contribution in [1.82, 2.24) is 14.3 Å². The number of alkyl halides is 3. The Bertz CT molecular complexity index is 1210. The second kappa shape index (κ2) is 8.27. The van der Waals surface area contributed by atoms with Gasteiger partial charge in [0.05, 0.1) is 5.52 Å². The van der Waals surface area contributed by atoms with Crippen molar-refractivity contribution < 1.29 is 21.6 Å². The van der Waals surface area contributed by atoms with Crippen molar-refractivity contribution in [3.63, 3.8) is 0 Å². The fourth-order valence-electron chi connectivity index (χ4n) is 3.40. The van der Waals surface area contributed by atoms with Gasteiger partial charge in [0.1, 0.15) is 5.82 Å². The van der Waals surface area contributed by atoms with E-state index in [1.54, 1.807) is 35.2 Å². The maximum atomic E-state index is 13.3. The fraction of sp³-hybridized carbons (Fsp3) is 0.238. The first-order valence-corrected chi connectivity index (χ1v) is 11.1. The van der Waals surface area contributed by atoms with Crippen LogP contribution in [0.3, 0.4) is 0 Å². The molecule has 0 radical (unpaired) electrons. The first kappa shape index (κ1) is 21.3. The Balaban J connectivity index is 1.55. The minimum Gasteiger partial charge on any atom is -0.353 e. The number of sulfonamides is 1. The molecule has 1 fully saturated rings. The lowest BCUT2D eigenvalue weighted by Crippen LogP contribution is -2.48. The minimum absolute atomic E-state index is 0.140. The van der Waals surface area contributed by atoms with Crippen LogP contribution in [0.4, 0.5) is 19.0 Å². The second-order valence-corrected chi connectivity index (χ2v) is 8.85. The highest BCUT2D eigenvalue weighted by atomic mass is 32.2. The van der Waals surface area contributed by atoms with E-state index < -0.39 is 22.0 Å². The van der Waals surface area contributed by atoms with Crippen LogP contribution in [0.25, 0.3) is 17.0 Å². The van der Waals surface area contributed by atoms with Crippen molar-refractivity contribution in [3.8, 4) is 0 Å². The molecule has 2 heterocycles. The molecule has 4 rings (SSSR count). The molecule has 0 saturated carbocycles. The smallest absolute Gasteiger partial charge is 0.353 e. The van der Waals surface area contributed by atoms with E-state index in [1.165, 1.54) is 16.4 Å². The van der Waals surface area contributed by atoms with Crippen LogP contribution < -0.4 is 4.90 Å². The molecule has 0 spiro atoms. The van der Waals surface area contributed by atoms with Crippen molar-refractivity contribution in [1.29, 1.82) is 0 Å². The van der Waals surface area contributed by atoms with Crippen molar-refractivity contribution in [2.24, 2.45) is 0 Å².